The number of rotatable bonds is 4. The lowest BCUT2D eigenvalue weighted by molar-refractivity contribution is -0.384. The van der Waals surface area contributed by atoms with Crippen LogP contribution >= 0.6 is 0 Å². The molecule has 0 aliphatic carbocycles. The van der Waals surface area contributed by atoms with Gasteiger partial charge in [0.2, 0.25) is 0 Å². The summed E-state index contributed by atoms with van der Waals surface area (Å²) in [5.41, 5.74) is 1.48. The van der Waals surface area contributed by atoms with E-state index in [1.807, 2.05) is 25.1 Å². The Labute approximate surface area is 154 Å². The van der Waals surface area contributed by atoms with Gasteiger partial charge in [-0.1, -0.05) is 29.8 Å². The summed E-state index contributed by atoms with van der Waals surface area (Å²) in [5, 5.41) is 20.4. The fourth-order valence-corrected chi connectivity index (χ4v) is 2.78. The van der Waals surface area contributed by atoms with Gasteiger partial charge in [0.25, 0.3) is 11.6 Å². The van der Waals surface area contributed by atoms with Crippen molar-refractivity contribution in [3.8, 4) is 5.75 Å². The molecule has 8 nitrogen and oxygen atoms in total. The van der Waals surface area contributed by atoms with E-state index < -0.39 is 22.8 Å². The van der Waals surface area contributed by atoms with E-state index in [-0.39, 0.29) is 22.9 Å². The maximum Gasteiger partial charge on any atom is 0.326 e. The Kier molecular flexibility index (Phi) is 4.64. The first-order chi connectivity index (χ1) is 12.8. The Bertz CT molecular complexity index is 982. The number of carbonyl (C=O) groups excluding carboxylic acids is 1. The van der Waals surface area contributed by atoms with Crippen molar-refractivity contribution >= 4 is 29.3 Å². The Morgan fingerprint density at radius 1 is 1.30 bits per heavy atom. The zero-order chi connectivity index (χ0) is 19.7. The summed E-state index contributed by atoms with van der Waals surface area (Å²) >= 11 is 0. The van der Waals surface area contributed by atoms with Gasteiger partial charge in [-0.2, -0.15) is 0 Å². The number of carboxylic acid groups (broad SMARTS) is 1. The lowest BCUT2D eigenvalue weighted by Crippen LogP contribution is -2.47. The molecule has 0 saturated carbocycles. The number of carboxylic acids is 1. The monoisotopic (exact) mass is 368 g/mol. The molecule has 138 valence electrons. The fraction of sp³-hybridized carbons (Fsp3) is 0.158. The van der Waals surface area contributed by atoms with Gasteiger partial charge >= 0.3 is 5.97 Å². The van der Waals surface area contributed by atoms with Gasteiger partial charge in [-0.25, -0.2) is 4.79 Å². The van der Waals surface area contributed by atoms with Gasteiger partial charge in [-0.3, -0.25) is 19.8 Å². The van der Waals surface area contributed by atoms with Crippen LogP contribution in [0.1, 0.15) is 18.1 Å². The molecule has 0 fully saturated rings. The molecule has 1 aliphatic rings. The number of amides is 1. The molecule has 3 rings (SSSR count). The molecule has 1 aliphatic heterocycles. The number of anilines is 1. The molecule has 1 unspecified atom stereocenters. The standard InChI is InChI=1S/C19H16N2O6/c1-11-4-3-5-13(8-11)9-17-18(22)20(12(2)19(23)24)15-10-14(21(25)26)6-7-16(15)27-17/h3-10,12H,1-2H3,(H,23,24)/b17-9+. The second kappa shape index (κ2) is 6.91. The van der Waals surface area contributed by atoms with Crippen LogP contribution in [0.25, 0.3) is 6.08 Å². The Morgan fingerprint density at radius 2 is 2.04 bits per heavy atom. The molecule has 0 bridgehead atoms. The van der Waals surface area contributed by atoms with Crippen molar-refractivity contribution in [2.45, 2.75) is 19.9 Å². The normalized spacial score (nSPS) is 15.9. The number of benzene rings is 2. The second-order valence-electron chi connectivity index (χ2n) is 6.12. The Morgan fingerprint density at radius 3 is 2.67 bits per heavy atom. The maximum absolute atomic E-state index is 12.9. The van der Waals surface area contributed by atoms with E-state index in [1.165, 1.54) is 25.1 Å². The van der Waals surface area contributed by atoms with E-state index in [2.05, 4.69) is 0 Å². The highest BCUT2D eigenvalue weighted by atomic mass is 16.6. The van der Waals surface area contributed by atoms with Crippen molar-refractivity contribution in [1.29, 1.82) is 0 Å². The minimum Gasteiger partial charge on any atom is -0.480 e. The van der Waals surface area contributed by atoms with Gasteiger partial charge in [0.1, 0.15) is 6.04 Å². The van der Waals surface area contributed by atoms with Gasteiger partial charge in [0, 0.05) is 12.1 Å². The highest BCUT2D eigenvalue weighted by Crippen LogP contribution is 2.39. The summed E-state index contributed by atoms with van der Waals surface area (Å²) < 4.78 is 5.64. The van der Waals surface area contributed by atoms with Crippen LogP contribution in [0, 0.1) is 17.0 Å². The first-order valence-corrected chi connectivity index (χ1v) is 8.09. The maximum atomic E-state index is 12.9. The van der Waals surface area contributed by atoms with E-state index in [0.29, 0.717) is 5.56 Å². The van der Waals surface area contributed by atoms with Gasteiger partial charge in [-0.05, 0) is 31.6 Å². The molecule has 27 heavy (non-hydrogen) atoms. The number of hydrogen-bond acceptors (Lipinski definition) is 5. The van der Waals surface area contributed by atoms with Gasteiger partial charge < -0.3 is 9.84 Å². The van der Waals surface area contributed by atoms with E-state index in [9.17, 15) is 24.8 Å². The number of nitro groups is 1. The van der Waals surface area contributed by atoms with E-state index in [4.69, 9.17) is 4.74 Å². The summed E-state index contributed by atoms with van der Waals surface area (Å²) in [7, 11) is 0. The second-order valence-corrected chi connectivity index (χ2v) is 6.12. The lowest BCUT2D eigenvalue weighted by atomic mass is 10.1. The molecular weight excluding hydrogens is 352 g/mol. The van der Waals surface area contributed by atoms with Crippen molar-refractivity contribution in [2.24, 2.45) is 0 Å². The van der Waals surface area contributed by atoms with Gasteiger partial charge in [0.05, 0.1) is 10.6 Å². The smallest absolute Gasteiger partial charge is 0.326 e. The van der Waals surface area contributed by atoms with Crippen LogP contribution in [0.15, 0.2) is 48.2 Å². The number of hydrogen-bond donors (Lipinski definition) is 1. The first-order valence-electron chi connectivity index (χ1n) is 8.09. The quantitative estimate of drug-likeness (QED) is 0.504. The molecular formula is C19H16N2O6. The van der Waals surface area contributed by atoms with Crippen LogP contribution in [-0.2, 0) is 9.59 Å². The molecule has 1 heterocycles. The third-order valence-corrected chi connectivity index (χ3v) is 4.15. The topological polar surface area (TPSA) is 110 Å². The SMILES string of the molecule is Cc1cccc(/C=C2/Oc3ccc([N+](=O)[O-])cc3N(C(C)C(=O)O)C2=O)c1. The number of ether oxygens (including phenoxy) is 1. The summed E-state index contributed by atoms with van der Waals surface area (Å²) in [4.78, 5) is 35.8. The zero-order valence-electron chi connectivity index (χ0n) is 14.6. The molecule has 8 heteroatoms. The van der Waals surface area contributed by atoms with Crippen molar-refractivity contribution in [2.75, 3.05) is 4.90 Å². The predicted molar refractivity (Wildman–Crippen MR) is 97.5 cm³/mol. The summed E-state index contributed by atoms with van der Waals surface area (Å²) in [5.74, 6) is -1.81. The molecule has 1 N–H and O–H groups in total. The van der Waals surface area contributed by atoms with Crippen molar-refractivity contribution in [3.05, 3.63) is 69.5 Å². The minimum absolute atomic E-state index is 0.0468. The highest BCUT2D eigenvalue weighted by Gasteiger charge is 2.37. The average molecular weight is 368 g/mol. The van der Waals surface area contributed by atoms with Crippen molar-refractivity contribution in [1.82, 2.24) is 0 Å². The third kappa shape index (κ3) is 3.50. The molecule has 2 aromatic carbocycles. The average Bonchev–Trinajstić information content (AvgIpc) is 2.61. The van der Waals surface area contributed by atoms with Gasteiger partial charge in [0.15, 0.2) is 11.5 Å². The number of nitrogens with zero attached hydrogens (tertiary/aromatic N) is 2. The van der Waals surface area contributed by atoms with Crippen LogP contribution in [0.4, 0.5) is 11.4 Å². The number of fused-ring (bicyclic) bond motifs is 1. The van der Waals surface area contributed by atoms with Crippen LogP contribution in [0.5, 0.6) is 5.75 Å². The van der Waals surface area contributed by atoms with Crippen LogP contribution < -0.4 is 9.64 Å². The summed E-state index contributed by atoms with van der Waals surface area (Å²) in [6, 6.07) is 9.85. The minimum atomic E-state index is -1.24. The largest absolute Gasteiger partial charge is 0.480 e. The number of carbonyl (C=O) groups is 2. The first kappa shape index (κ1) is 18.1. The number of non-ortho nitro benzene ring substituents is 1. The predicted octanol–water partition coefficient (Wildman–Crippen LogP) is 3.14. The molecule has 0 saturated heterocycles. The van der Waals surface area contributed by atoms with E-state index in [1.54, 1.807) is 6.07 Å². The van der Waals surface area contributed by atoms with Crippen molar-refractivity contribution in [3.63, 3.8) is 0 Å². The third-order valence-electron chi connectivity index (χ3n) is 4.15. The Hall–Kier alpha value is -3.68. The lowest BCUT2D eigenvalue weighted by Gasteiger charge is -2.32. The zero-order valence-corrected chi connectivity index (χ0v) is 14.6. The molecule has 1 atom stereocenters. The van der Waals surface area contributed by atoms with Crippen molar-refractivity contribution < 1.29 is 24.4 Å². The number of aryl methyl sites for hydroxylation is 1. The van der Waals surface area contributed by atoms with Crippen LogP contribution in [-0.4, -0.2) is 27.9 Å². The molecule has 2 aromatic rings. The van der Waals surface area contributed by atoms with Crippen LogP contribution in [0.3, 0.4) is 0 Å². The molecule has 1 amide bonds. The van der Waals surface area contributed by atoms with E-state index in [0.717, 1.165) is 16.5 Å². The molecule has 0 radical (unpaired) electrons. The molecule has 0 aromatic heterocycles. The van der Waals surface area contributed by atoms with Gasteiger partial charge in [-0.15, -0.1) is 0 Å². The summed E-state index contributed by atoms with van der Waals surface area (Å²) in [6.45, 7) is 3.23. The van der Waals surface area contributed by atoms with Crippen LogP contribution in [0.2, 0.25) is 0 Å². The summed E-state index contributed by atoms with van der Waals surface area (Å²) in [6.07, 6.45) is 1.52. The number of aliphatic carboxylic acids is 1. The molecule has 0 spiro atoms. The van der Waals surface area contributed by atoms with E-state index >= 15 is 0 Å². The fourth-order valence-electron chi connectivity index (χ4n) is 2.78. The number of nitro benzene ring substituents is 1. The highest BCUT2D eigenvalue weighted by molar-refractivity contribution is 6.12. The Balaban J connectivity index is 2.13.